The summed E-state index contributed by atoms with van der Waals surface area (Å²) in [4.78, 5) is 12.3. The minimum absolute atomic E-state index is 0.0127. The summed E-state index contributed by atoms with van der Waals surface area (Å²) in [6, 6.07) is 10.9. The number of anilines is 2. The van der Waals surface area contributed by atoms with E-state index in [9.17, 15) is 18.0 Å². The number of halogens is 4. The molecule has 0 saturated heterocycles. The smallest absolute Gasteiger partial charge is 0.361 e. The van der Waals surface area contributed by atoms with Gasteiger partial charge in [-0.3, -0.25) is 4.79 Å². The van der Waals surface area contributed by atoms with E-state index in [1.165, 1.54) is 6.08 Å². The van der Waals surface area contributed by atoms with Crippen LogP contribution >= 0.6 is 11.6 Å². The summed E-state index contributed by atoms with van der Waals surface area (Å²) < 4.78 is 44.5. The lowest BCUT2D eigenvalue weighted by Crippen LogP contribution is -2.10. The van der Waals surface area contributed by atoms with Gasteiger partial charge in [0.15, 0.2) is 0 Å². The third-order valence-corrected chi connectivity index (χ3v) is 4.63. The molecule has 9 heteroatoms. The molecule has 0 aliphatic carbocycles. The summed E-state index contributed by atoms with van der Waals surface area (Å²) in [6.07, 6.45) is -3.36. The van der Waals surface area contributed by atoms with Gasteiger partial charge in [0.05, 0.1) is 27.7 Å². The number of amides is 1. The zero-order valence-electron chi connectivity index (χ0n) is 14.9. The highest BCUT2D eigenvalue weighted by atomic mass is 35.5. The van der Waals surface area contributed by atoms with E-state index in [-0.39, 0.29) is 11.4 Å². The van der Waals surface area contributed by atoms with Crippen LogP contribution in [0.3, 0.4) is 0 Å². The van der Waals surface area contributed by atoms with Crippen LogP contribution in [0.1, 0.15) is 16.9 Å². The standard InChI is InChI=1S/C20H13ClF3N3O2/c1-10-5-16(27-29-10)12-4-2-3-11(6-12)15-9-19(28)26-17-7-13(20(22,23)24)14(21)8-18(17)25-15/h2-9,25H,1H3,(H,26,28). The van der Waals surface area contributed by atoms with E-state index in [0.29, 0.717) is 22.7 Å². The highest BCUT2D eigenvalue weighted by Crippen LogP contribution is 2.41. The maximum atomic E-state index is 13.1. The lowest BCUT2D eigenvalue weighted by atomic mass is 10.0. The van der Waals surface area contributed by atoms with E-state index < -0.39 is 22.7 Å². The van der Waals surface area contributed by atoms with Crippen LogP contribution in [0.25, 0.3) is 17.0 Å². The number of aryl methyl sites for hydroxylation is 1. The number of carbonyl (C=O) groups excluding carboxylic acids is 1. The normalized spacial score (nSPS) is 13.8. The quantitative estimate of drug-likeness (QED) is 0.557. The average molecular weight is 420 g/mol. The first-order chi connectivity index (χ1) is 13.7. The molecule has 5 nitrogen and oxygen atoms in total. The molecule has 1 aromatic heterocycles. The van der Waals surface area contributed by atoms with Gasteiger partial charge in [-0.1, -0.05) is 35.0 Å². The van der Waals surface area contributed by atoms with Gasteiger partial charge in [-0.25, -0.2) is 0 Å². The molecule has 0 radical (unpaired) electrons. The zero-order chi connectivity index (χ0) is 20.8. The highest BCUT2D eigenvalue weighted by molar-refractivity contribution is 6.32. The van der Waals surface area contributed by atoms with Crippen LogP contribution in [0.15, 0.2) is 53.1 Å². The second-order valence-electron chi connectivity index (χ2n) is 6.45. The van der Waals surface area contributed by atoms with Crippen molar-refractivity contribution in [2.45, 2.75) is 13.1 Å². The second-order valence-corrected chi connectivity index (χ2v) is 6.86. The Bertz CT molecular complexity index is 1150. The van der Waals surface area contributed by atoms with Crippen LogP contribution in [0.5, 0.6) is 0 Å². The molecule has 1 aliphatic rings. The Labute approximate surface area is 168 Å². The second kappa shape index (κ2) is 6.97. The van der Waals surface area contributed by atoms with Gasteiger partial charge in [-0.15, -0.1) is 0 Å². The maximum Gasteiger partial charge on any atom is 0.417 e. The molecule has 0 bridgehead atoms. The molecule has 0 spiro atoms. The predicted octanol–water partition coefficient (Wildman–Crippen LogP) is 5.73. The minimum atomic E-state index is -4.64. The SMILES string of the molecule is Cc1cc(-c2cccc(C3=CC(=O)Nc4cc(C(F)(F)F)c(Cl)cc4N3)c2)no1. The number of nitrogens with one attached hydrogen (secondary N) is 2. The molecule has 2 aromatic carbocycles. The van der Waals surface area contributed by atoms with Crippen molar-refractivity contribution in [3.8, 4) is 11.3 Å². The molecule has 0 atom stereocenters. The number of benzene rings is 2. The minimum Gasteiger partial charge on any atom is -0.361 e. The molecule has 148 valence electrons. The number of alkyl halides is 3. The van der Waals surface area contributed by atoms with Gasteiger partial charge < -0.3 is 15.2 Å². The Kier molecular flexibility index (Phi) is 4.58. The molecule has 0 fully saturated rings. The van der Waals surface area contributed by atoms with Gasteiger partial charge in [-0.2, -0.15) is 13.2 Å². The van der Waals surface area contributed by atoms with Crippen molar-refractivity contribution in [1.29, 1.82) is 0 Å². The van der Waals surface area contributed by atoms with Crippen LogP contribution in [0.4, 0.5) is 24.5 Å². The van der Waals surface area contributed by atoms with Crippen molar-refractivity contribution in [2.75, 3.05) is 10.6 Å². The van der Waals surface area contributed by atoms with Crippen molar-refractivity contribution in [3.63, 3.8) is 0 Å². The Hall–Kier alpha value is -3.26. The molecule has 1 amide bonds. The first kappa shape index (κ1) is 19.1. The van der Waals surface area contributed by atoms with Crippen LogP contribution in [-0.4, -0.2) is 11.1 Å². The Morgan fingerprint density at radius 1 is 1.03 bits per heavy atom. The van der Waals surface area contributed by atoms with Crippen molar-refractivity contribution >= 4 is 34.6 Å². The number of carbonyl (C=O) groups is 1. The number of aromatic nitrogens is 1. The van der Waals surface area contributed by atoms with Crippen molar-refractivity contribution in [2.24, 2.45) is 0 Å². The third kappa shape index (κ3) is 3.84. The fourth-order valence-corrected chi connectivity index (χ4v) is 3.25. The van der Waals surface area contributed by atoms with E-state index in [1.54, 1.807) is 31.2 Å². The Morgan fingerprint density at radius 3 is 2.45 bits per heavy atom. The predicted molar refractivity (Wildman–Crippen MR) is 103 cm³/mol. The van der Waals surface area contributed by atoms with Gasteiger partial charge in [0.25, 0.3) is 5.91 Å². The number of rotatable bonds is 2. The number of hydrogen-bond acceptors (Lipinski definition) is 4. The first-order valence-electron chi connectivity index (χ1n) is 8.45. The summed E-state index contributed by atoms with van der Waals surface area (Å²) in [5.41, 5.74) is 1.65. The first-order valence-corrected chi connectivity index (χ1v) is 8.83. The van der Waals surface area contributed by atoms with Crippen LogP contribution in [0, 0.1) is 6.92 Å². The monoisotopic (exact) mass is 419 g/mol. The molecule has 0 unspecified atom stereocenters. The summed E-state index contributed by atoms with van der Waals surface area (Å²) in [7, 11) is 0. The molecule has 1 aliphatic heterocycles. The Balaban J connectivity index is 1.74. The molecule has 2 heterocycles. The zero-order valence-corrected chi connectivity index (χ0v) is 15.7. The van der Waals surface area contributed by atoms with E-state index in [2.05, 4.69) is 15.8 Å². The molecular weight excluding hydrogens is 407 g/mol. The van der Waals surface area contributed by atoms with E-state index in [4.69, 9.17) is 16.1 Å². The maximum absolute atomic E-state index is 13.1. The lowest BCUT2D eigenvalue weighted by molar-refractivity contribution is -0.137. The van der Waals surface area contributed by atoms with Crippen molar-refractivity contribution in [1.82, 2.24) is 5.16 Å². The molecule has 0 saturated carbocycles. The van der Waals surface area contributed by atoms with Crippen LogP contribution in [-0.2, 0) is 11.0 Å². The fourth-order valence-electron chi connectivity index (χ4n) is 2.98. The Morgan fingerprint density at radius 2 is 1.76 bits per heavy atom. The molecule has 3 aromatic rings. The molecule has 4 rings (SSSR count). The van der Waals surface area contributed by atoms with Crippen LogP contribution < -0.4 is 10.6 Å². The number of fused-ring (bicyclic) bond motifs is 1. The molecular formula is C20H13ClF3N3O2. The lowest BCUT2D eigenvalue weighted by Gasteiger charge is -2.16. The highest BCUT2D eigenvalue weighted by Gasteiger charge is 2.34. The van der Waals surface area contributed by atoms with E-state index in [1.807, 2.05) is 6.07 Å². The van der Waals surface area contributed by atoms with Gasteiger partial charge in [0, 0.05) is 17.7 Å². The van der Waals surface area contributed by atoms with E-state index >= 15 is 0 Å². The van der Waals surface area contributed by atoms with Crippen molar-refractivity contribution in [3.05, 3.63) is 70.5 Å². The van der Waals surface area contributed by atoms with Crippen LogP contribution in [0.2, 0.25) is 5.02 Å². The summed E-state index contributed by atoms with van der Waals surface area (Å²) in [6.45, 7) is 1.77. The van der Waals surface area contributed by atoms with E-state index in [0.717, 1.165) is 17.7 Å². The fraction of sp³-hybridized carbons (Fsp3) is 0.100. The average Bonchev–Trinajstić information content (AvgIpc) is 3.01. The summed E-state index contributed by atoms with van der Waals surface area (Å²) in [5, 5.41) is 8.94. The topological polar surface area (TPSA) is 67.2 Å². The van der Waals surface area contributed by atoms with Gasteiger partial charge in [0.1, 0.15) is 11.5 Å². The number of hydrogen-bond donors (Lipinski definition) is 2. The largest absolute Gasteiger partial charge is 0.417 e. The molecule has 2 N–H and O–H groups in total. The third-order valence-electron chi connectivity index (χ3n) is 4.31. The number of nitrogens with zero attached hydrogens (tertiary/aromatic N) is 1. The van der Waals surface area contributed by atoms with Gasteiger partial charge >= 0.3 is 6.18 Å². The van der Waals surface area contributed by atoms with Gasteiger partial charge in [0.2, 0.25) is 0 Å². The van der Waals surface area contributed by atoms with Crippen molar-refractivity contribution < 1.29 is 22.5 Å². The summed E-state index contributed by atoms with van der Waals surface area (Å²) >= 11 is 5.83. The van der Waals surface area contributed by atoms with Gasteiger partial charge in [-0.05, 0) is 30.7 Å². The molecule has 29 heavy (non-hydrogen) atoms. The summed E-state index contributed by atoms with van der Waals surface area (Å²) in [5.74, 6) is 0.0880.